The van der Waals surface area contributed by atoms with Crippen molar-refractivity contribution in [1.82, 2.24) is 0 Å². The molecule has 0 aliphatic heterocycles. The largest absolute Gasteiger partial charge is 0.462 e. The summed E-state index contributed by atoms with van der Waals surface area (Å²) in [6, 6.07) is -0.933. The highest BCUT2D eigenvalue weighted by atomic mass is 35.5. The minimum atomic E-state index is -0.933. The second-order valence-corrected chi connectivity index (χ2v) is 2.75. The van der Waals surface area contributed by atoms with Gasteiger partial charge in [0.2, 0.25) is 0 Å². The van der Waals surface area contributed by atoms with Gasteiger partial charge in [-0.1, -0.05) is 0 Å². The third-order valence-electron chi connectivity index (χ3n) is 1.14. The zero-order valence-corrected chi connectivity index (χ0v) is 8.30. The highest BCUT2D eigenvalue weighted by Crippen LogP contribution is 1.96. The number of halogens is 1. The van der Waals surface area contributed by atoms with Crippen LogP contribution in [0.5, 0.6) is 0 Å². The first kappa shape index (κ1) is 14.2. The summed E-state index contributed by atoms with van der Waals surface area (Å²) in [5.41, 5.74) is 5.28. The number of rotatable bonds is 3. The molecule has 0 aliphatic rings. The van der Waals surface area contributed by atoms with Crippen molar-refractivity contribution >= 4 is 18.4 Å². The number of carbonyl (C=O) groups excluding carboxylic acids is 1. The number of ether oxygens (including phenoxy) is 1. The van der Waals surface area contributed by atoms with E-state index in [4.69, 9.17) is 15.6 Å². The van der Waals surface area contributed by atoms with Gasteiger partial charge in [0.15, 0.2) is 0 Å². The third-order valence-corrected chi connectivity index (χ3v) is 1.14. The number of carbonyl (C=O) groups is 1. The lowest BCUT2D eigenvalue weighted by Gasteiger charge is -2.15. The second kappa shape index (κ2) is 6.22. The van der Waals surface area contributed by atoms with Crippen molar-refractivity contribution in [2.24, 2.45) is 5.73 Å². The van der Waals surface area contributed by atoms with Crippen LogP contribution in [0.1, 0.15) is 20.8 Å². The van der Waals surface area contributed by atoms with Crippen molar-refractivity contribution in [2.45, 2.75) is 39.0 Å². The Kier molecular flexibility index (Phi) is 7.37. The normalized spacial score (nSPS) is 14.8. The molecule has 0 rings (SSSR count). The van der Waals surface area contributed by atoms with E-state index in [0.717, 1.165) is 0 Å². The van der Waals surface area contributed by atoms with Gasteiger partial charge in [0, 0.05) is 0 Å². The molecule has 0 aromatic heterocycles. The number of aliphatic hydroxyl groups excluding tert-OH is 1. The Balaban J connectivity index is 0. The van der Waals surface area contributed by atoms with Crippen LogP contribution in [0.2, 0.25) is 0 Å². The molecule has 0 unspecified atom stereocenters. The minimum absolute atomic E-state index is 0. The van der Waals surface area contributed by atoms with E-state index in [9.17, 15) is 4.79 Å². The van der Waals surface area contributed by atoms with Crippen LogP contribution in [0.15, 0.2) is 0 Å². The van der Waals surface area contributed by atoms with Crippen molar-refractivity contribution in [1.29, 1.82) is 0 Å². The summed E-state index contributed by atoms with van der Waals surface area (Å²) in [7, 11) is 0. The van der Waals surface area contributed by atoms with Crippen LogP contribution in [-0.4, -0.2) is 29.3 Å². The summed E-state index contributed by atoms with van der Waals surface area (Å²) < 4.78 is 4.75. The van der Waals surface area contributed by atoms with Gasteiger partial charge in [0.25, 0.3) is 0 Å². The van der Waals surface area contributed by atoms with Gasteiger partial charge < -0.3 is 15.6 Å². The molecule has 0 fully saturated rings. The first-order chi connectivity index (χ1) is 4.95. The van der Waals surface area contributed by atoms with E-state index in [-0.39, 0.29) is 18.5 Å². The first-order valence-electron chi connectivity index (χ1n) is 3.59. The van der Waals surface area contributed by atoms with E-state index in [2.05, 4.69) is 0 Å². The van der Waals surface area contributed by atoms with Gasteiger partial charge in [-0.05, 0) is 20.8 Å². The lowest BCUT2D eigenvalue weighted by atomic mass is 10.2. The van der Waals surface area contributed by atoms with Crippen molar-refractivity contribution < 1.29 is 14.6 Å². The van der Waals surface area contributed by atoms with Crippen LogP contribution in [0.3, 0.4) is 0 Å². The van der Waals surface area contributed by atoms with Gasteiger partial charge in [-0.15, -0.1) is 12.4 Å². The molecule has 4 nitrogen and oxygen atoms in total. The van der Waals surface area contributed by atoms with Gasteiger partial charge in [-0.2, -0.15) is 0 Å². The zero-order valence-electron chi connectivity index (χ0n) is 7.48. The van der Waals surface area contributed by atoms with Crippen molar-refractivity contribution in [2.75, 3.05) is 0 Å². The van der Waals surface area contributed by atoms with Crippen LogP contribution >= 0.6 is 12.4 Å². The smallest absolute Gasteiger partial charge is 0.325 e. The summed E-state index contributed by atoms with van der Waals surface area (Å²) in [4.78, 5) is 10.9. The maximum absolute atomic E-state index is 10.9. The van der Waals surface area contributed by atoms with Crippen LogP contribution in [0.4, 0.5) is 0 Å². The molecule has 12 heavy (non-hydrogen) atoms. The number of esters is 1. The molecule has 3 N–H and O–H groups in total. The zero-order chi connectivity index (χ0) is 9.02. The lowest BCUT2D eigenvalue weighted by molar-refractivity contribution is -0.151. The Morgan fingerprint density at radius 2 is 1.83 bits per heavy atom. The van der Waals surface area contributed by atoms with Crippen molar-refractivity contribution in [3.8, 4) is 0 Å². The summed E-state index contributed by atoms with van der Waals surface area (Å²) >= 11 is 0. The molecule has 0 aromatic rings. The van der Waals surface area contributed by atoms with Crippen LogP contribution in [0, 0.1) is 0 Å². The molecule has 0 radical (unpaired) electrons. The van der Waals surface area contributed by atoms with Crippen LogP contribution < -0.4 is 5.73 Å². The number of aliphatic hydroxyl groups is 1. The standard InChI is InChI=1S/C7H15NO3.ClH/c1-4(2)11-7(10)6(8)5(3)9;/h4-6,9H,8H2,1-3H3;1H/t5-,6-;/m0./s1. The molecule has 0 saturated heterocycles. The quantitative estimate of drug-likeness (QED) is 0.628. The van der Waals surface area contributed by atoms with E-state index in [1.807, 2.05) is 0 Å². The Morgan fingerprint density at radius 3 is 2.08 bits per heavy atom. The topological polar surface area (TPSA) is 72.5 Å². The molecule has 0 saturated carbocycles. The fourth-order valence-corrected chi connectivity index (χ4v) is 0.508. The van der Waals surface area contributed by atoms with Crippen molar-refractivity contribution in [3.63, 3.8) is 0 Å². The summed E-state index contributed by atoms with van der Waals surface area (Å²) in [6.07, 6.45) is -1.05. The lowest BCUT2D eigenvalue weighted by Crippen LogP contribution is -2.42. The Morgan fingerprint density at radius 1 is 1.42 bits per heavy atom. The van der Waals surface area contributed by atoms with Crippen LogP contribution in [0.25, 0.3) is 0 Å². The van der Waals surface area contributed by atoms with E-state index in [0.29, 0.717) is 0 Å². The van der Waals surface area contributed by atoms with E-state index in [1.165, 1.54) is 6.92 Å². The molecule has 0 aliphatic carbocycles. The number of hydrogen-bond donors (Lipinski definition) is 2. The summed E-state index contributed by atoms with van der Waals surface area (Å²) in [6.45, 7) is 4.91. The third kappa shape index (κ3) is 5.35. The average Bonchev–Trinajstić information content (AvgIpc) is 1.84. The fraction of sp³-hybridized carbons (Fsp3) is 0.857. The number of nitrogens with two attached hydrogens (primary N) is 1. The van der Waals surface area contributed by atoms with E-state index >= 15 is 0 Å². The first-order valence-corrected chi connectivity index (χ1v) is 3.59. The average molecular weight is 198 g/mol. The predicted octanol–water partition coefficient (Wildman–Crippen LogP) is 0.0679. The predicted molar refractivity (Wildman–Crippen MR) is 48.1 cm³/mol. The highest BCUT2D eigenvalue weighted by Gasteiger charge is 2.20. The molecular formula is C7H16ClNO3. The van der Waals surface area contributed by atoms with E-state index < -0.39 is 18.1 Å². The SMILES string of the molecule is CC(C)OC(=O)[C@@H](N)[C@H](C)O.Cl. The Hall–Kier alpha value is -0.320. The molecule has 0 aromatic carbocycles. The number of hydrogen-bond acceptors (Lipinski definition) is 4. The van der Waals surface area contributed by atoms with Gasteiger partial charge in [0.05, 0.1) is 12.2 Å². The van der Waals surface area contributed by atoms with Gasteiger partial charge in [-0.25, -0.2) is 0 Å². The molecule has 5 heteroatoms. The summed E-state index contributed by atoms with van der Waals surface area (Å²) in [5, 5.41) is 8.88. The van der Waals surface area contributed by atoms with Crippen LogP contribution in [-0.2, 0) is 9.53 Å². The maximum atomic E-state index is 10.9. The Bertz CT molecular complexity index is 139. The highest BCUT2D eigenvalue weighted by molar-refractivity contribution is 5.85. The second-order valence-electron chi connectivity index (χ2n) is 2.75. The maximum Gasteiger partial charge on any atom is 0.325 e. The molecule has 0 spiro atoms. The van der Waals surface area contributed by atoms with E-state index in [1.54, 1.807) is 13.8 Å². The molecule has 74 valence electrons. The molecule has 0 amide bonds. The molecule has 0 bridgehead atoms. The fourth-order valence-electron chi connectivity index (χ4n) is 0.508. The monoisotopic (exact) mass is 197 g/mol. The minimum Gasteiger partial charge on any atom is -0.462 e. The molecule has 0 heterocycles. The molecule has 2 atom stereocenters. The van der Waals surface area contributed by atoms with Gasteiger partial charge in [0.1, 0.15) is 6.04 Å². The van der Waals surface area contributed by atoms with Gasteiger partial charge in [-0.3, -0.25) is 4.79 Å². The van der Waals surface area contributed by atoms with Gasteiger partial charge >= 0.3 is 5.97 Å². The molecular weight excluding hydrogens is 182 g/mol. The Labute approximate surface area is 78.5 Å². The van der Waals surface area contributed by atoms with Crippen molar-refractivity contribution in [3.05, 3.63) is 0 Å². The summed E-state index contributed by atoms with van der Waals surface area (Å²) in [5.74, 6) is -0.560.